The van der Waals surface area contributed by atoms with Gasteiger partial charge in [-0.2, -0.15) is 0 Å². The van der Waals surface area contributed by atoms with E-state index < -0.39 is 11.6 Å². The molecule has 5 nitrogen and oxygen atoms in total. The Labute approximate surface area is 119 Å². The lowest BCUT2D eigenvalue weighted by atomic mass is 10.0. The predicted octanol–water partition coefficient (Wildman–Crippen LogP) is 2.38. The summed E-state index contributed by atoms with van der Waals surface area (Å²) in [7, 11) is 0. The van der Waals surface area contributed by atoms with Crippen LogP contribution in [0.2, 0.25) is 0 Å². The number of amides is 1. The highest BCUT2D eigenvalue weighted by Crippen LogP contribution is 2.59. The number of carboxylic acid groups (broad SMARTS) is 1. The lowest BCUT2D eigenvalue weighted by molar-refractivity contribution is 0.200. The molecule has 0 bridgehead atoms. The Hall–Kier alpha value is -1.76. The molecule has 4 N–H and O–H groups in total. The SMILES string of the molecule is Nc1ccc(F)c([C@@]23C[C@@H]2CCSC(NC(=O)O)=N3)c1. The van der Waals surface area contributed by atoms with Crippen molar-refractivity contribution in [2.45, 2.75) is 18.4 Å². The largest absolute Gasteiger partial charge is 0.465 e. The number of thioether (sulfide) groups is 1. The summed E-state index contributed by atoms with van der Waals surface area (Å²) in [6.45, 7) is 0. The van der Waals surface area contributed by atoms with Crippen LogP contribution in [0.1, 0.15) is 18.4 Å². The van der Waals surface area contributed by atoms with Crippen LogP contribution >= 0.6 is 11.8 Å². The molecule has 0 spiro atoms. The molecule has 106 valence electrons. The van der Waals surface area contributed by atoms with Gasteiger partial charge in [-0.3, -0.25) is 10.3 Å². The summed E-state index contributed by atoms with van der Waals surface area (Å²) in [4.78, 5) is 15.2. The maximum Gasteiger partial charge on any atom is 0.410 e. The number of nitrogens with one attached hydrogen (secondary N) is 1. The maximum absolute atomic E-state index is 14.1. The third-order valence-electron chi connectivity index (χ3n) is 3.75. The second kappa shape index (κ2) is 4.66. The Morgan fingerprint density at radius 2 is 2.40 bits per heavy atom. The maximum atomic E-state index is 14.1. The van der Waals surface area contributed by atoms with E-state index in [1.807, 2.05) is 0 Å². The highest BCUT2D eigenvalue weighted by Gasteiger charge is 2.57. The summed E-state index contributed by atoms with van der Waals surface area (Å²) in [5, 5.41) is 11.4. The van der Waals surface area contributed by atoms with E-state index in [2.05, 4.69) is 10.3 Å². The number of aliphatic imine (C=N–C) groups is 1. The lowest BCUT2D eigenvalue weighted by Gasteiger charge is -2.15. The van der Waals surface area contributed by atoms with Crippen molar-refractivity contribution in [2.75, 3.05) is 11.5 Å². The van der Waals surface area contributed by atoms with Crippen LogP contribution in [0.25, 0.3) is 0 Å². The number of fused-ring (bicyclic) bond motifs is 1. The Morgan fingerprint density at radius 3 is 3.15 bits per heavy atom. The molecule has 1 aromatic rings. The fourth-order valence-corrected chi connectivity index (χ4v) is 3.71. The van der Waals surface area contributed by atoms with Gasteiger partial charge in [-0.1, -0.05) is 11.8 Å². The van der Waals surface area contributed by atoms with Crippen LogP contribution in [0.4, 0.5) is 14.9 Å². The molecule has 0 saturated heterocycles. The Balaban J connectivity index is 2.02. The molecular weight excluding hydrogens is 281 g/mol. The summed E-state index contributed by atoms with van der Waals surface area (Å²) in [5.41, 5.74) is 6.04. The Bertz CT molecular complexity index is 607. The molecule has 2 atom stereocenters. The molecule has 1 fully saturated rings. The second-order valence-corrected chi connectivity index (χ2v) is 6.13. The number of benzene rings is 1. The topological polar surface area (TPSA) is 87.7 Å². The van der Waals surface area contributed by atoms with Crippen molar-refractivity contribution in [3.8, 4) is 0 Å². The highest BCUT2D eigenvalue weighted by molar-refractivity contribution is 8.13. The first kappa shape index (κ1) is 13.2. The van der Waals surface area contributed by atoms with E-state index in [0.717, 1.165) is 18.6 Å². The number of amidine groups is 1. The van der Waals surface area contributed by atoms with Crippen molar-refractivity contribution in [3.63, 3.8) is 0 Å². The molecule has 20 heavy (non-hydrogen) atoms. The number of carbonyl (C=O) groups is 1. The molecule has 1 aliphatic carbocycles. The first-order chi connectivity index (χ1) is 9.51. The quantitative estimate of drug-likeness (QED) is 0.694. The number of nitrogens with two attached hydrogens (primary N) is 1. The molecule has 0 aromatic heterocycles. The summed E-state index contributed by atoms with van der Waals surface area (Å²) in [5.74, 6) is 0.682. The molecule has 1 heterocycles. The van der Waals surface area contributed by atoms with Crippen LogP contribution in [-0.4, -0.2) is 22.1 Å². The van der Waals surface area contributed by atoms with E-state index in [-0.39, 0.29) is 11.7 Å². The van der Waals surface area contributed by atoms with Gasteiger partial charge in [0.25, 0.3) is 0 Å². The number of nitrogen functional groups attached to an aromatic ring is 1. The molecule has 1 saturated carbocycles. The smallest absolute Gasteiger partial charge is 0.410 e. The molecule has 2 aliphatic rings. The number of hydrogen-bond donors (Lipinski definition) is 3. The number of rotatable bonds is 1. The van der Waals surface area contributed by atoms with E-state index in [0.29, 0.717) is 16.4 Å². The summed E-state index contributed by atoms with van der Waals surface area (Å²) >= 11 is 1.35. The van der Waals surface area contributed by atoms with Crippen LogP contribution in [-0.2, 0) is 5.54 Å². The van der Waals surface area contributed by atoms with Crippen molar-refractivity contribution >= 4 is 28.7 Å². The molecule has 7 heteroatoms. The Kier molecular flexibility index (Phi) is 3.08. The van der Waals surface area contributed by atoms with Gasteiger partial charge in [-0.15, -0.1) is 0 Å². The van der Waals surface area contributed by atoms with E-state index in [1.165, 1.54) is 23.9 Å². The fraction of sp³-hybridized carbons (Fsp3) is 0.385. The van der Waals surface area contributed by atoms with E-state index in [1.54, 1.807) is 6.07 Å². The molecule has 1 amide bonds. The zero-order valence-corrected chi connectivity index (χ0v) is 11.4. The molecular formula is C13H14FN3O2S. The standard InChI is InChI=1S/C13H14FN3O2S/c14-10-2-1-8(15)5-9(10)13-6-7(13)3-4-20-11(17-13)16-12(18)19/h1-2,5,7H,3-4,6,15H2,(H,16,17)(H,18,19)/t7-,13+/m0/s1. The number of anilines is 1. The lowest BCUT2D eigenvalue weighted by Crippen LogP contribution is -2.28. The van der Waals surface area contributed by atoms with Crippen molar-refractivity contribution in [1.29, 1.82) is 0 Å². The van der Waals surface area contributed by atoms with Crippen LogP contribution in [0, 0.1) is 11.7 Å². The van der Waals surface area contributed by atoms with Crippen LogP contribution in [0.5, 0.6) is 0 Å². The number of hydrogen-bond acceptors (Lipinski definition) is 4. The van der Waals surface area contributed by atoms with E-state index >= 15 is 0 Å². The van der Waals surface area contributed by atoms with Gasteiger partial charge >= 0.3 is 6.09 Å². The van der Waals surface area contributed by atoms with Gasteiger partial charge in [-0.05, 0) is 37.0 Å². The summed E-state index contributed by atoms with van der Waals surface area (Å²) in [6.07, 6.45) is 0.463. The van der Waals surface area contributed by atoms with Crippen molar-refractivity contribution in [3.05, 3.63) is 29.6 Å². The highest BCUT2D eigenvalue weighted by atomic mass is 32.2. The van der Waals surface area contributed by atoms with Gasteiger partial charge in [0.1, 0.15) is 5.82 Å². The van der Waals surface area contributed by atoms with Gasteiger partial charge in [0.2, 0.25) is 0 Å². The third kappa shape index (κ3) is 2.22. The molecule has 3 rings (SSSR count). The van der Waals surface area contributed by atoms with Gasteiger partial charge in [-0.25, -0.2) is 9.18 Å². The number of halogens is 1. The summed E-state index contributed by atoms with van der Waals surface area (Å²) in [6, 6.07) is 4.46. The second-order valence-electron chi connectivity index (χ2n) is 5.05. The van der Waals surface area contributed by atoms with E-state index in [9.17, 15) is 9.18 Å². The van der Waals surface area contributed by atoms with Gasteiger partial charge in [0.15, 0.2) is 5.17 Å². The first-order valence-electron chi connectivity index (χ1n) is 6.29. The zero-order valence-electron chi connectivity index (χ0n) is 10.6. The predicted molar refractivity (Wildman–Crippen MR) is 76.3 cm³/mol. The fourth-order valence-electron chi connectivity index (χ4n) is 2.73. The normalized spacial score (nSPS) is 28.1. The Morgan fingerprint density at radius 1 is 1.60 bits per heavy atom. The molecule has 0 radical (unpaired) electrons. The average molecular weight is 295 g/mol. The van der Waals surface area contributed by atoms with Crippen LogP contribution in [0.15, 0.2) is 23.2 Å². The molecule has 1 aromatic carbocycles. The zero-order chi connectivity index (χ0) is 14.3. The first-order valence-corrected chi connectivity index (χ1v) is 7.28. The average Bonchev–Trinajstić information content (AvgIpc) is 3.06. The molecule has 1 aliphatic heterocycles. The third-order valence-corrected chi connectivity index (χ3v) is 4.66. The van der Waals surface area contributed by atoms with Gasteiger partial charge in [0.05, 0.1) is 5.54 Å². The van der Waals surface area contributed by atoms with Gasteiger partial charge < -0.3 is 10.8 Å². The van der Waals surface area contributed by atoms with Crippen LogP contribution < -0.4 is 11.1 Å². The minimum Gasteiger partial charge on any atom is -0.465 e. The molecule has 0 unspecified atom stereocenters. The minimum atomic E-state index is -1.15. The van der Waals surface area contributed by atoms with Crippen molar-refractivity contribution < 1.29 is 14.3 Å². The monoisotopic (exact) mass is 295 g/mol. The van der Waals surface area contributed by atoms with Crippen molar-refractivity contribution in [2.24, 2.45) is 10.9 Å². The number of nitrogens with zero attached hydrogens (tertiary/aromatic N) is 1. The van der Waals surface area contributed by atoms with Gasteiger partial charge in [0, 0.05) is 17.0 Å². The summed E-state index contributed by atoms with van der Waals surface area (Å²) < 4.78 is 14.1. The minimum absolute atomic E-state index is 0.249. The van der Waals surface area contributed by atoms with Crippen molar-refractivity contribution in [1.82, 2.24) is 5.32 Å². The van der Waals surface area contributed by atoms with Crippen LogP contribution in [0.3, 0.4) is 0 Å². The van der Waals surface area contributed by atoms with E-state index in [4.69, 9.17) is 10.8 Å².